The first-order valence-corrected chi connectivity index (χ1v) is 7.00. The van der Waals surface area contributed by atoms with E-state index in [1.807, 2.05) is 0 Å². The number of hydrogen-bond donors (Lipinski definition) is 4. The smallest absolute Gasteiger partial charge is 0.127 e. The molecule has 7 heteroatoms. The summed E-state index contributed by atoms with van der Waals surface area (Å²) in [5.74, 6) is -0.237. The first-order valence-electron chi connectivity index (χ1n) is 7.00. The van der Waals surface area contributed by atoms with Gasteiger partial charge in [0.05, 0.1) is 5.56 Å². The van der Waals surface area contributed by atoms with Gasteiger partial charge in [-0.05, 0) is 5.41 Å². The maximum absolute atomic E-state index is 10.2. The number of aromatic hydroxyl groups is 3. The zero-order valence-corrected chi connectivity index (χ0v) is 14.8. The Morgan fingerprint density at radius 3 is 1.86 bits per heavy atom. The van der Waals surface area contributed by atoms with E-state index in [2.05, 4.69) is 31.0 Å². The fourth-order valence-corrected chi connectivity index (χ4v) is 2.99. The summed E-state index contributed by atoms with van der Waals surface area (Å²) in [5, 5.41) is 33.1. The predicted molar refractivity (Wildman–Crippen MR) is 92.6 cm³/mol. The summed E-state index contributed by atoms with van der Waals surface area (Å²) in [6.07, 6.45) is 0. The minimum Gasteiger partial charge on any atom is -0.508 e. The largest absolute Gasteiger partial charge is 0.508 e. The lowest BCUT2D eigenvalue weighted by Crippen LogP contribution is -2.48. The summed E-state index contributed by atoms with van der Waals surface area (Å²) in [5.41, 5.74) is 0.348. The molecule has 0 saturated carbocycles. The number of piperazine rings is 1. The molecule has 5 nitrogen and oxygen atoms in total. The van der Waals surface area contributed by atoms with Crippen molar-refractivity contribution in [3.8, 4) is 17.2 Å². The highest BCUT2D eigenvalue weighted by Gasteiger charge is 2.36. The van der Waals surface area contributed by atoms with Gasteiger partial charge in [0.1, 0.15) is 17.2 Å². The molecule has 0 spiro atoms. The first-order chi connectivity index (χ1) is 9.30. The van der Waals surface area contributed by atoms with Crippen LogP contribution in [0.2, 0.25) is 0 Å². The zero-order valence-electron chi connectivity index (χ0n) is 13.2. The van der Waals surface area contributed by atoms with Crippen LogP contribution in [0, 0.1) is 5.41 Å². The third kappa shape index (κ3) is 4.56. The minimum atomic E-state index is -0.150. The Bertz CT molecular complexity index is 463. The molecule has 22 heavy (non-hydrogen) atoms. The van der Waals surface area contributed by atoms with Crippen LogP contribution in [-0.2, 0) is 0 Å². The maximum atomic E-state index is 10.2. The quantitative estimate of drug-likeness (QED) is 0.658. The van der Waals surface area contributed by atoms with Crippen molar-refractivity contribution in [1.29, 1.82) is 0 Å². The minimum absolute atomic E-state index is 0. The lowest BCUT2D eigenvalue weighted by atomic mass is 9.80. The van der Waals surface area contributed by atoms with E-state index in [0.717, 1.165) is 26.2 Å². The van der Waals surface area contributed by atoms with Crippen LogP contribution in [0.15, 0.2) is 12.1 Å². The van der Waals surface area contributed by atoms with Crippen LogP contribution in [0.1, 0.15) is 32.4 Å². The Balaban J connectivity index is 0.00000220. The van der Waals surface area contributed by atoms with Crippen LogP contribution in [-0.4, -0.2) is 46.4 Å². The monoisotopic (exact) mass is 352 g/mol. The molecule has 0 amide bonds. The third-order valence-electron chi connectivity index (χ3n) is 3.73. The van der Waals surface area contributed by atoms with Crippen LogP contribution in [0.4, 0.5) is 0 Å². The molecule has 0 bridgehead atoms. The van der Waals surface area contributed by atoms with Crippen molar-refractivity contribution in [2.45, 2.75) is 26.8 Å². The molecule has 4 N–H and O–H groups in total. The van der Waals surface area contributed by atoms with Gasteiger partial charge in [0, 0.05) is 44.4 Å². The second-order valence-electron chi connectivity index (χ2n) is 6.45. The lowest BCUT2D eigenvalue weighted by Gasteiger charge is -2.42. The van der Waals surface area contributed by atoms with Crippen LogP contribution in [0.25, 0.3) is 0 Å². The molecular weight excluding hydrogens is 327 g/mol. The molecule has 1 aromatic rings. The van der Waals surface area contributed by atoms with Gasteiger partial charge < -0.3 is 20.6 Å². The molecule has 0 unspecified atom stereocenters. The van der Waals surface area contributed by atoms with Crippen LogP contribution >= 0.6 is 24.8 Å². The van der Waals surface area contributed by atoms with Crippen LogP contribution in [0.5, 0.6) is 17.2 Å². The van der Waals surface area contributed by atoms with Crippen molar-refractivity contribution < 1.29 is 15.3 Å². The number of phenols is 3. The molecule has 128 valence electrons. The molecule has 1 aliphatic heterocycles. The highest BCUT2D eigenvalue weighted by atomic mass is 35.5. The normalized spacial score (nSPS) is 17.2. The van der Waals surface area contributed by atoms with Gasteiger partial charge in [0.2, 0.25) is 0 Å². The van der Waals surface area contributed by atoms with Crippen molar-refractivity contribution in [1.82, 2.24) is 10.2 Å². The Labute approximate surface area is 144 Å². The molecule has 0 aliphatic carbocycles. The molecule has 1 saturated heterocycles. The molecule has 1 heterocycles. The number of halogens is 2. The first kappa shape index (κ1) is 21.1. The zero-order chi connectivity index (χ0) is 14.9. The number of nitrogens with zero attached hydrogens (tertiary/aromatic N) is 1. The average Bonchev–Trinajstić information content (AvgIpc) is 2.33. The van der Waals surface area contributed by atoms with E-state index in [1.165, 1.54) is 12.1 Å². The molecular formula is C15H26Cl2N2O3. The van der Waals surface area contributed by atoms with Crippen molar-refractivity contribution >= 4 is 24.8 Å². The number of nitrogens with one attached hydrogen (secondary N) is 1. The SMILES string of the molecule is CC(C)(C)[C@H](c1c(O)cc(O)cc1O)N1CCNCC1.Cl.Cl. The number of hydrogen-bond acceptors (Lipinski definition) is 5. The summed E-state index contributed by atoms with van der Waals surface area (Å²) < 4.78 is 0. The second-order valence-corrected chi connectivity index (χ2v) is 6.45. The Morgan fingerprint density at radius 2 is 1.45 bits per heavy atom. The van der Waals surface area contributed by atoms with E-state index in [4.69, 9.17) is 0 Å². The topological polar surface area (TPSA) is 76.0 Å². The fraction of sp³-hybridized carbons (Fsp3) is 0.600. The highest BCUT2D eigenvalue weighted by molar-refractivity contribution is 5.85. The van der Waals surface area contributed by atoms with Gasteiger partial charge in [-0.3, -0.25) is 4.90 Å². The fourth-order valence-electron chi connectivity index (χ4n) is 2.99. The van der Waals surface area contributed by atoms with E-state index >= 15 is 0 Å². The van der Waals surface area contributed by atoms with Gasteiger partial charge in [-0.2, -0.15) is 0 Å². The standard InChI is InChI=1S/C15H24N2O3.2ClH/c1-15(2,3)14(17-6-4-16-5-7-17)13-11(19)8-10(18)9-12(13)20;;/h8-9,14,16,18-20H,4-7H2,1-3H3;2*1H/t14-;;/m0../s1. The van der Waals surface area contributed by atoms with Gasteiger partial charge in [0.15, 0.2) is 0 Å². The number of rotatable bonds is 2. The summed E-state index contributed by atoms with van der Waals surface area (Å²) in [4.78, 5) is 2.27. The molecule has 1 aliphatic rings. The highest BCUT2D eigenvalue weighted by Crippen LogP contribution is 2.46. The Hall–Kier alpha value is -0.880. The maximum Gasteiger partial charge on any atom is 0.127 e. The second kappa shape index (κ2) is 8.11. The summed E-state index contributed by atoms with van der Waals surface area (Å²) in [6, 6.07) is 2.47. The van der Waals surface area contributed by atoms with E-state index in [0.29, 0.717) is 5.56 Å². The molecule has 0 radical (unpaired) electrons. The predicted octanol–water partition coefficient (Wildman–Crippen LogP) is 2.64. The number of benzene rings is 1. The van der Waals surface area contributed by atoms with E-state index in [-0.39, 0.29) is 53.5 Å². The van der Waals surface area contributed by atoms with Crippen LogP contribution < -0.4 is 5.32 Å². The summed E-state index contributed by atoms with van der Waals surface area (Å²) in [7, 11) is 0. The van der Waals surface area contributed by atoms with Gasteiger partial charge in [-0.1, -0.05) is 20.8 Å². The molecule has 0 aromatic heterocycles. The van der Waals surface area contributed by atoms with Gasteiger partial charge in [0.25, 0.3) is 0 Å². The van der Waals surface area contributed by atoms with E-state index in [9.17, 15) is 15.3 Å². The van der Waals surface area contributed by atoms with Gasteiger partial charge in [-0.15, -0.1) is 24.8 Å². The van der Waals surface area contributed by atoms with E-state index in [1.54, 1.807) is 0 Å². The Kier molecular flexibility index (Phi) is 7.78. The van der Waals surface area contributed by atoms with Crippen LogP contribution in [0.3, 0.4) is 0 Å². The third-order valence-corrected chi connectivity index (χ3v) is 3.73. The average molecular weight is 353 g/mol. The molecule has 1 atom stereocenters. The molecule has 2 rings (SSSR count). The molecule has 1 aromatic carbocycles. The number of phenolic OH excluding ortho intramolecular Hbond substituents is 3. The van der Waals surface area contributed by atoms with Crippen molar-refractivity contribution in [2.75, 3.05) is 26.2 Å². The van der Waals surface area contributed by atoms with E-state index < -0.39 is 0 Å². The lowest BCUT2D eigenvalue weighted by molar-refractivity contribution is 0.0821. The summed E-state index contributed by atoms with van der Waals surface area (Å²) >= 11 is 0. The Morgan fingerprint density at radius 1 is 1.00 bits per heavy atom. The van der Waals surface area contributed by atoms with Gasteiger partial charge >= 0.3 is 0 Å². The molecule has 1 fully saturated rings. The van der Waals surface area contributed by atoms with Crippen molar-refractivity contribution in [2.24, 2.45) is 5.41 Å². The summed E-state index contributed by atoms with van der Waals surface area (Å²) in [6.45, 7) is 9.78. The van der Waals surface area contributed by atoms with Gasteiger partial charge in [-0.25, -0.2) is 0 Å². The van der Waals surface area contributed by atoms with Crippen molar-refractivity contribution in [3.63, 3.8) is 0 Å². The van der Waals surface area contributed by atoms with Crippen molar-refractivity contribution in [3.05, 3.63) is 17.7 Å².